The standard InChI is InChI=1S/C15H23NO2/c1-3-10-16(18-4-2)13-8-9-14-12(11-13)6-5-7-15(14)17/h5-7,13,17H,3-4,8-11H2,1-2H3. The van der Waals surface area contributed by atoms with E-state index in [-0.39, 0.29) is 0 Å². The number of aromatic hydroxyl groups is 1. The van der Waals surface area contributed by atoms with Gasteiger partial charge in [-0.25, -0.2) is 0 Å². The smallest absolute Gasteiger partial charge is 0.119 e. The zero-order valence-electron chi connectivity index (χ0n) is 11.4. The number of hydrogen-bond donors (Lipinski definition) is 1. The first kappa shape index (κ1) is 13.4. The molecule has 0 bridgehead atoms. The van der Waals surface area contributed by atoms with Crippen molar-refractivity contribution in [3.05, 3.63) is 29.3 Å². The molecule has 0 amide bonds. The van der Waals surface area contributed by atoms with Crippen LogP contribution in [0.25, 0.3) is 0 Å². The first-order valence-electron chi connectivity index (χ1n) is 6.95. The monoisotopic (exact) mass is 249 g/mol. The maximum atomic E-state index is 9.84. The zero-order valence-corrected chi connectivity index (χ0v) is 11.4. The fourth-order valence-corrected chi connectivity index (χ4v) is 2.75. The number of hydroxylamine groups is 2. The zero-order chi connectivity index (χ0) is 13.0. The Hall–Kier alpha value is -1.06. The van der Waals surface area contributed by atoms with Crippen molar-refractivity contribution in [3.63, 3.8) is 0 Å². The van der Waals surface area contributed by atoms with Gasteiger partial charge in [0.05, 0.1) is 6.61 Å². The van der Waals surface area contributed by atoms with Crippen molar-refractivity contribution in [1.29, 1.82) is 0 Å². The maximum absolute atomic E-state index is 9.84. The van der Waals surface area contributed by atoms with Gasteiger partial charge in [-0.1, -0.05) is 19.1 Å². The highest BCUT2D eigenvalue weighted by molar-refractivity contribution is 5.41. The number of phenolic OH excluding ortho intramolecular Hbond substituents is 1. The summed E-state index contributed by atoms with van der Waals surface area (Å²) in [4.78, 5) is 5.74. The van der Waals surface area contributed by atoms with Gasteiger partial charge < -0.3 is 5.11 Å². The van der Waals surface area contributed by atoms with E-state index in [1.165, 1.54) is 5.56 Å². The van der Waals surface area contributed by atoms with E-state index < -0.39 is 0 Å². The van der Waals surface area contributed by atoms with E-state index in [0.717, 1.165) is 44.4 Å². The van der Waals surface area contributed by atoms with E-state index in [0.29, 0.717) is 11.8 Å². The van der Waals surface area contributed by atoms with Gasteiger partial charge in [-0.05, 0) is 49.8 Å². The van der Waals surface area contributed by atoms with Crippen LogP contribution < -0.4 is 0 Å². The fourth-order valence-electron chi connectivity index (χ4n) is 2.75. The van der Waals surface area contributed by atoms with E-state index in [1.807, 2.05) is 13.0 Å². The van der Waals surface area contributed by atoms with Gasteiger partial charge in [-0.2, -0.15) is 5.06 Å². The van der Waals surface area contributed by atoms with Gasteiger partial charge in [0.25, 0.3) is 0 Å². The molecule has 0 fully saturated rings. The van der Waals surface area contributed by atoms with Crippen LogP contribution in [-0.4, -0.2) is 29.4 Å². The molecule has 1 unspecified atom stereocenters. The summed E-state index contributed by atoms with van der Waals surface area (Å²) < 4.78 is 0. The highest BCUT2D eigenvalue weighted by atomic mass is 16.7. The quantitative estimate of drug-likeness (QED) is 0.814. The molecule has 0 saturated carbocycles. The fraction of sp³-hybridized carbons (Fsp3) is 0.600. The first-order valence-corrected chi connectivity index (χ1v) is 6.95. The van der Waals surface area contributed by atoms with Gasteiger partial charge in [0.1, 0.15) is 5.75 Å². The Labute approximate surface area is 109 Å². The second-order valence-electron chi connectivity index (χ2n) is 4.87. The van der Waals surface area contributed by atoms with E-state index in [2.05, 4.69) is 18.1 Å². The van der Waals surface area contributed by atoms with Gasteiger partial charge >= 0.3 is 0 Å². The summed E-state index contributed by atoms with van der Waals surface area (Å²) in [6, 6.07) is 6.28. The molecule has 1 aliphatic rings. The van der Waals surface area contributed by atoms with Crippen molar-refractivity contribution >= 4 is 0 Å². The molecule has 100 valence electrons. The normalized spacial score (nSPS) is 18.9. The molecule has 0 heterocycles. The van der Waals surface area contributed by atoms with Gasteiger partial charge in [-0.3, -0.25) is 4.84 Å². The predicted octanol–water partition coefficient (Wildman–Crippen LogP) is 2.91. The number of benzene rings is 1. The summed E-state index contributed by atoms with van der Waals surface area (Å²) in [5.41, 5.74) is 2.40. The number of hydrogen-bond acceptors (Lipinski definition) is 3. The van der Waals surface area contributed by atoms with Crippen LogP contribution in [0.4, 0.5) is 0 Å². The van der Waals surface area contributed by atoms with E-state index in [1.54, 1.807) is 6.07 Å². The molecule has 3 heteroatoms. The maximum Gasteiger partial charge on any atom is 0.119 e. The molecule has 0 aromatic heterocycles. The average molecular weight is 249 g/mol. The van der Waals surface area contributed by atoms with Gasteiger partial charge in [0, 0.05) is 12.6 Å². The predicted molar refractivity (Wildman–Crippen MR) is 72.5 cm³/mol. The Balaban J connectivity index is 2.10. The number of fused-ring (bicyclic) bond motifs is 1. The second kappa shape index (κ2) is 6.21. The molecule has 18 heavy (non-hydrogen) atoms. The Bertz CT molecular complexity index is 386. The third kappa shape index (κ3) is 2.85. The Morgan fingerprint density at radius 3 is 2.94 bits per heavy atom. The van der Waals surface area contributed by atoms with Crippen molar-refractivity contribution in [2.24, 2.45) is 0 Å². The minimum Gasteiger partial charge on any atom is -0.508 e. The molecule has 1 aromatic rings. The van der Waals surface area contributed by atoms with Crippen molar-refractivity contribution in [2.45, 2.75) is 45.6 Å². The van der Waals surface area contributed by atoms with Gasteiger partial charge in [0.15, 0.2) is 0 Å². The SMILES string of the molecule is CCCN(OCC)C1CCc2c(O)cccc2C1. The Morgan fingerprint density at radius 2 is 2.22 bits per heavy atom. The summed E-state index contributed by atoms with van der Waals surface area (Å²) in [6.07, 6.45) is 4.08. The molecule has 1 aromatic carbocycles. The van der Waals surface area contributed by atoms with Crippen molar-refractivity contribution in [3.8, 4) is 5.75 Å². The Morgan fingerprint density at radius 1 is 1.39 bits per heavy atom. The average Bonchev–Trinajstić information content (AvgIpc) is 2.38. The summed E-state index contributed by atoms with van der Waals surface area (Å²) in [6.45, 7) is 5.91. The van der Waals surface area contributed by atoms with Crippen LogP contribution >= 0.6 is 0 Å². The minimum absolute atomic E-state index is 0.444. The molecule has 2 rings (SSSR count). The van der Waals surface area contributed by atoms with Crippen LogP contribution in [0.2, 0.25) is 0 Å². The molecule has 0 saturated heterocycles. The van der Waals surface area contributed by atoms with Crippen LogP contribution in [0.1, 0.15) is 37.8 Å². The molecule has 1 atom stereocenters. The third-order valence-corrected chi connectivity index (χ3v) is 3.58. The first-order chi connectivity index (χ1) is 8.76. The summed E-state index contributed by atoms with van der Waals surface area (Å²) in [7, 11) is 0. The lowest BCUT2D eigenvalue weighted by Gasteiger charge is -2.34. The molecular formula is C15H23NO2. The number of rotatable bonds is 5. The lowest BCUT2D eigenvalue weighted by atomic mass is 9.87. The molecule has 0 aliphatic heterocycles. The molecule has 1 aliphatic carbocycles. The van der Waals surface area contributed by atoms with Gasteiger partial charge in [0.2, 0.25) is 0 Å². The largest absolute Gasteiger partial charge is 0.508 e. The summed E-state index contributed by atoms with van der Waals surface area (Å²) in [5, 5.41) is 12.0. The van der Waals surface area contributed by atoms with E-state index in [4.69, 9.17) is 4.84 Å². The van der Waals surface area contributed by atoms with Crippen LogP contribution in [0.15, 0.2) is 18.2 Å². The summed E-state index contributed by atoms with van der Waals surface area (Å²) >= 11 is 0. The van der Waals surface area contributed by atoms with E-state index in [9.17, 15) is 5.11 Å². The number of nitrogens with zero attached hydrogens (tertiary/aromatic N) is 1. The van der Waals surface area contributed by atoms with Crippen LogP contribution in [0.3, 0.4) is 0 Å². The molecule has 3 nitrogen and oxygen atoms in total. The van der Waals surface area contributed by atoms with E-state index >= 15 is 0 Å². The van der Waals surface area contributed by atoms with Crippen LogP contribution in [0, 0.1) is 0 Å². The Kier molecular flexibility index (Phi) is 4.61. The van der Waals surface area contributed by atoms with Crippen LogP contribution in [-0.2, 0) is 17.7 Å². The van der Waals surface area contributed by atoms with Crippen molar-refractivity contribution < 1.29 is 9.94 Å². The lowest BCUT2D eigenvalue weighted by molar-refractivity contribution is -0.184. The highest BCUT2D eigenvalue weighted by Crippen LogP contribution is 2.30. The summed E-state index contributed by atoms with van der Waals surface area (Å²) in [5.74, 6) is 0.449. The molecular weight excluding hydrogens is 226 g/mol. The third-order valence-electron chi connectivity index (χ3n) is 3.58. The lowest BCUT2D eigenvalue weighted by Crippen LogP contribution is -2.39. The molecule has 0 radical (unpaired) electrons. The van der Waals surface area contributed by atoms with Crippen molar-refractivity contribution in [1.82, 2.24) is 5.06 Å². The second-order valence-corrected chi connectivity index (χ2v) is 4.87. The van der Waals surface area contributed by atoms with Gasteiger partial charge in [-0.15, -0.1) is 0 Å². The molecule has 1 N–H and O–H groups in total. The number of phenols is 1. The topological polar surface area (TPSA) is 32.7 Å². The molecule has 0 spiro atoms. The van der Waals surface area contributed by atoms with Crippen molar-refractivity contribution in [2.75, 3.05) is 13.2 Å². The minimum atomic E-state index is 0.444. The highest BCUT2D eigenvalue weighted by Gasteiger charge is 2.25. The van der Waals surface area contributed by atoms with Crippen LogP contribution in [0.5, 0.6) is 5.75 Å².